The Hall–Kier alpha value is -4.28. The zero-order valence-corrected chi connectivity index (χ0v) is 19.5. The van der Waals surface area contributed by atoms with Gasteiger partial charge in [0, 0.05) is 49.5 Å². The fourth-order valence-electron chi connectivity index (χ4n) is 3.11. The molecule has 0 unspecified atom stereocenters. The first kappa shape index (κ1) is 22.9. The number of amides is 2. The predicted molar refractivity (Wildman–Crippen MR) is 125 cm³/mol. The number of carbonyl (C=O) groups excluding carboxylic acids is 1. The van der Waals surface area contributed by atoms with Crippen LogP contribution in [0.25, 0.3) is 11.3 Å². The third-order valence-corrected chi connectivity index (χ3v) is 4.94. The number of hydrogen-bond donors (Lipinski definition) is 2. The normalized spacial score (nSPS) is 11.4. The monoisotopic (exact) mass is 464 g/mol. The van der Waals surface area contributed by atoms with E-state index in [2.05, 4.69) is 30.8 Å². The van der Waals surface area contributed by atoms with Gasteiger partial charge < -0.3 is 10.1 Å². The Morgan fingerprint density at radius 1 is 1.09 bits per heavy atom. The van der Waals surface area contributed by atoms with Crippen molar-refractivity contribution in [2.24, 2.45) is 14.1 Å². The lowest BCUT2D eigenvalue weighted by Crippen LogP contribution is -2.21. The number of carbonyl (C=O) groups is 1. The van der Waals surface area contributed by atoms with Crippen LogP contribution in [0.3, 0.4) is 0 Å². The molecule has 4 rings (SSSR count). The number of ether oxygens (including phenoxy) is 1. The SMILES string of the molecule is Cn1cc(-c2cc(Oc3ccc(F)c(NC(=O)Nc4cc(C(C)(C)C)nn4C)c3)ncn2)cn1. The first-order chi connectivity index (χ1) is 16.1. The van der Waals surface area contributed by atoms with Crippen LogP contribution in [0.5, 0.6) is 11.6 Å². The van der Waals surface area contributed by atoms with Crippen molar-refractivity contribution >= 4 is 17.5 Å². The van der Waals surface area contributed by atoms with E-state index < -0.39 is 11.8 Å². The Kier molecular flexibility index (Phi) is 6.01. The molecule has 0 fully saturated rings. The summed E-state index contributed by atoms with van der Waals surface area (Å²) in [5, 5.41) is 13.7. The molecule has 0 saturated carbocycles. The fraction of sp³-hybridized carbons (Fsp3) is 0.261. The Bertz CT molecular complexity index is 1340. The van der Waals surface area contributed by atoms with E-state index in [9.17, 15) is 9.18 Å². The highest BCUT2D eigenvalue weighted by Gasteiger charge is 2.20. The molecule has 3 heterocycles. The topological polar surface area (TPSA) is 112 Å². The lowest BCUT2D eigenvalue weighted by Gasteiger charge is -2.13. The zero-order valence-electron chi connectivity index (χ0n) is 19.5. The van der Waals surface area contributed by atoms with Crippen molar-refractivity contribution in [2.75, 3.05) is 10.6 Å². The largest absolute Gasteiger partial charge is 0.439 e. The molecule has 176 valence electrons. The molecular weight excluding hydrogens is 439 g/mol. The quantitative estimate of drug-likeness (QED) is 0.450. The highest BCUT2D eigenvalue weighted by Crippen LogP contribution is 2.28. The molecule has 3 aromatic heterocycles. The van der Waals surface area contributed by atoms with Crippen LogP contribution in [0.1, 0.15) is 26.5 Å². The Morgan fingerprint density at radius 2 is 1.88 bits per heavy atom. The summed E-state index contributed by atoms with van der Waals surface area (Å²) in [7, 11) is 3.53. The first-order valence-electron chi connectivity index (χ1n) is 10.5. The molecule has 0 aliphatic rings. The molecule has 10 nitrogen and oxygen atoms in total. The minimum Gasteiger partial charge on any atom is -0.439 e. The fourth-order valence-corrected chi connectivity index (χ4v) is 3.11. The maximum absolute atomic E-state index is 14.4. The number of aromatic nitrogens is 6. The number of nitrogens with one attached hydrogen (secondary N) is 2. The highest BCUT2D eigenvalue weighted by molar-refractivity contribution is 5.99. The van der Waals surface area contributed by atoms with Gasteiger partial charge in [-0.25, -0.2) is 19.2 Å². The summed E-state index contributed by atoms with van der Waals surface area (Å²) in [6.07, 6.45) is 4.86. The summed E-state index contributed by atoms with van der Waals surface area (Å²) in [6.45, 7) is 6.08. The molecular formula is C23H25FN8O2. The van der Waals surface area contributed by atoms with E-state index >= 15 is 0 Å². The molecule has 2 N–H and O–H groups in total. The molecule has 0 saturated heterocycles. The number of urea groups is 1. The molecule has 0 radical (unpaired) electrons. The number of halogens is 1. The van der Waals surface area contributed by atoms with Crippen molar-refractivity contribution < 1.29 is 13.9 Å². The van der Waals surface area contributed by atoms with Crippen LogP contribution >= 0.6 is 0 Å². The second-order valence-electron chi connectivity index (χ2n) is 8.76. The van der Waals surface area contributed by atoms with E-state index in [0.717, 1.165) is 11.3 Å². The van der Waals surface area contributed by atoms with Gasteiger partial charge in [0.25, 0.3) is 0 Å². The van der Waals surface area contributed by atoms with E-state index in [0.29, 0.717) is 17.3 Å². The molecule has 0 aliphatic carbocycles. The van der Waals surface area contributed by atoms with Gasteiger partial charge in [-0.3, -0.25) is 14.7 Å². The van der Waals surface area contributed by atoms with Crippen LogP contribution in [-0.2, 0) is 19.5 Å². The van der Waals surface area contributed by atoms with E-state index in [-0.39, 0.29) is 17.0 Å². The maximum atomic E-state index is 14.4. The number of rotatable bonds is 5. The van der Waals surface area contributed by atoms with E-state index in [1.165, 1.54) is 24.5 Å². The van der Waals surface area contributed by atoms with E-state index in [4.69, 9.17) is 4.74 Å². The van der Waals surface area contributed by atoms with Crippen molar-refractivity contribution in [3.8, 4) is 22.9 Å². The Labute approximate surface area is 195 Å². The van der Waals surface area contributed by atoms with Gasteiger partial charge in [-0.15, -0.1) is 0 Å². The van der Waals surface area contributed by atoms with Gasteiger partial charge in [0.15, 0.2) is 0 Å². The minimum atomic E-state index is -0.611. The molecule has 2 amide bonds. The van der Waals surface area contributed by atoms with Gasteiger partial charge in [0.1, 0.15) is 23.7 Å². The van der Waals surface area contributed by atoms with Gasteiger partial charge in [0.2, 0.25) is 5.88 Å². The Morgan fingerprint density at radius 3 is 2.56 bits per heavy atom. The third kappa shape index (κ3) is 5.20. The summed E-state index contributed by atoms with van der Waals surface area (Å²) in [6, 6.07) is 6.85. The third-order valence-electron chi connectivity index (χ3n) is 4.94. The predicted octanol–water partition coefficient (Wildman–Crippen LogP) is 4.48. The van der Waals surface area contributed by atoms with E-state index in [1.807, 2.05) is 34.0 Å². The molecule has 34 heavy (non-hydrogen) atoms. The van der Waals surface area contributed by atoms with Crippen LogP contribution in [0.15, 0.2) is 49.1 Å². The minimum absolute atomic E-state index is 0.0465. The summed E-state index contributed by atoms with van der Waals surface area (Å²) in [4.78, 5) is 20.8. The van der Waals surface area contributed by atoms with Crippen LogP contribution < -0.4 is 15.4 Å². The summed E-state index contributed by atoms with van der Waals surface area (Å²) in [5.41, 5.74) is 2.03. The van der Waals surface area contributed by atoms with Crippen LogP contribution in [0.4, 0.5) is 20.7 Å². The van der Waals surface area contributed by atoms with Crippen molar-refractivity contribution in [3.63, 3.8) is 0 Å². The average Bonchev–Trinajstić information content (AvgIpc) is 3.36. The van der Waals surface area contributed by atoms with Crippen LogP contribution in [-0.4, -0.2) is 35.6 Å². The number of anilines is 2. The summed E-state index contributed by atoms with van der Waals surface area (Å²) < 4.78 is 23.4. The average molecular weight is 465 g/mol. The van der Waals surface area contributed by atoms with Crippen LogP contribution in [0, 0.1) is 5.82 Å². The first-order valence-corrected chi connectivity index (χ1v) is 10.5. The molecule has 0 spiro atoms. The smallest absolute Gasteiger partial charge is 0.324 e. The van der Waals surface area contributed by atoms with Crippen molar-refractivity contribution in [2.45, 2.75) is 26.2 Å². The highest BCUT2D eigenvalue weighted by atomic mass is 19.1. The number of nitrogens with zero attached hydrogens (tertiary/aromatic N) is 6. The second kappa shape index (κ2) is 8.93. The molecule has 4 aromatic rings. The molecule has 0 atom stereocenters. The number of hydrogen-bond acceptors (Lipinski definition) is 6. The lowest BCUT2D eigenvalue weighted by molar-refractivity contribution is 0.262. The van der Waals surface area contributed by atoms with Gasteiger partial charge in [-0.1, -0.05) is 20.8 Å². The van der Waals surface area contributed by atoms with Crippen LogP contribution in [0.2, 0.25) is 0 Å². The van der Waals surface area contributed by atoms with E-state index in [1.54, 1.807) is 34.7 Å². The Balaban J connectivity index is 1.47. The molecule has 1 aromatic carbocycles. The lowest BCUT2D eigenvalue weighted by atomic mass is 9.92. The van der Waals surface area contributed by atoms with Crippen molar-refractivity contribution in [1.29, 1.82) is 0 Å². The molecule has 0 bridgehead atoms. The number of aryl methyl sites for hydroxylation is 2. The molecule has 11 heteroatoms. The summed E-state index contributed by atoms with van der Waals surface area (Å²) in [5.74, 6) is 0.435. The maximum Gasteiger partial charge on any atom is 0.324 e. The second-order valence-corrected chi connectivity index (χ2v) is 8.76. The molecule has 0 aliphatic heterocycles. The van der Waals surface area contributed by atoms with Gasteiger partial charge >= 0.3 is 6.03 Å². The zero-order chi connectivity index (χ0) is 24.5. The number of benzene rings is 1. The summed E-state index contributed by atoms with van der Waals surface area (Å²) >= 11 is 0. The van der Waals surface area contributed by atoms with Gasteiger partial charge in [-0.2, -0.15) is 10.2 Å². The van der Waals surface area contributed by atoms with Gasteiger partial charge in [-0.05, 0) is 12.1 Å². The van der Waals surface area contributed by atoms with Crippen molar-refractivity contribution in [3.05, 3.63) is 60.6 Å². The standard InChI is InChI=1S/C23H25FN8O2/c1-23(2,3)19-10-20(32(5)30-19)29-22(33)28-18-8-15(6-7-16(18)24)34-21-9-17(25-13-26-21)14-11-27-31(4)12-14/h6-13H,1-5H3,(H2,28,29,33). The van der Waals surface area contributed by atoms with Gasteiger partial charge in [0.05, 0.1) is 23.3 Å². The van der Waals surface area contributed by atoms with Crippen molar-refractivity contribution in [1.82, 2.24) is 29.5 Å².